The normalized spacial score (nSPS) is 12.9. The van der Waals surface area contributed by atoms with Crippen LogP contribution in [-0.2, 0) is 21.9 Å². The highest BCUT2D eigenvalue weighted by Crippen LogP contribution is 2.20. The van der Waals surface area contributed by atoms with Crippen molar-refractivity contribution in [2.24, 2.45) is 7.05 Å². The zero-order chi connectivity index (χ0) is 21.8. The van der Waals surface area contributed by atoms with Gasteiger partial charge in [-0.05, 0) is 38.5 Å². The predicted molar refractivity (Wildman–Crippen MR) is 114 cm³/mol. The van der Waals surface area contributed by atoms with Gasteiger partial charge in [-0.15, -0.1) is 0 Å². The van der Waals surface area contributed by atoms with Gasteiger partial charge < -0.3 is 10.6 Å². The topological polar surface area (TPSA) is 96.3 Å². The number of benzene rings is 1. The fourth-order valence-electron chi connectivity index (χ4n) is 3.14. The molecule has 29 heavy (non-hydrogen) atoms. The molecule has 0 radical (unpaired) electrons. The summed E-state index contributed by atoms with van der Waals surface area (Å²) in [4.78, 5) is 12.6. The fourth-order valence-corrected chi connectivity index (χ4v) is 4.60. The Bertz CT molecular complexity index is 947. The molecule has 0 aliphatic heterocycles. The molecular weight excluding hydrogens is 390 g/mol. The van der Waals surface area contributed by atoms with E-state index in [4.69, 9.17) is 0 Å². The summed E-state index contributed by atoms with van der Waals surface area (Å²) in [6.07, 6.45) is 0. The monoisotopic (exact) mass is 421 g/mol. The number of sulfonamides is 1. The van der Waals surface area contributed by atoms with Crippen molar-refractivity contribution in [2.75, 3.05) is 25.0 Å². The molecule has 8 nitrogen and oxygen atoms in total. The standard InChI is InChI=1S/C20H31N5O3S/c1-7-25(8-2)29(27,28)18-11-9-17(10-12-18)14(3)21-13-19(26)22-20-15(4)23-24(6)16(20)5/h9-12,14,21H,7-8,13H2,1-6H3,(H,22,26)/t14-/m0/s1. The lowest BCUT2D eigenvalue weighted by Crippen LogP contribution is -2.31. The lowest BCUT2D eigenvalue weighted by Gasteiger charge is -2.19. The van der Waals surface area contributed by atoms with Crippen molar-refractivity contribution in [1.29, 1.82) is 0 Å². The summed E-state index contributed by atoms with van der Waals surface area (Å²) >= 11 is 0. The zero-order valence-electron chi connectivity index (χ0n) is 18.0. The Labute approximate surface area is 173 Å². The molecule has 0 saturated heterocycles. The number of amides is 1. The minimum atomic E-state index is -3.47. The summed E-state index contributed by atoms with van der Waals surface area (Å²) in [5.41, 5.74) is 3.31. The average molecular weight is 422 g/mol. The van der Waals surface area contributed by atoms with Gasteiger partial charge in [-0.1, -0.05) is 26.0 Å². The van der Waals surface area contributed by atoms with Crippen LogP contribution in [0.3, 0.4) is 0 Å². The van der Waals surface area contributed by atoms with E-state index in [1.54, 1.807) is 28.9 Å². The minimum absolute atomic E-state index is 0.109. The average Bonchev–Trinajstić information content (AvgIpc) is 2.93. The Kier molecular flexibility index (Phi) is 7.56. The molecular formula is C20H31N5O3S. The Balaban J connectivity index is 1.99. The first-order chi connectivity index (χ1) is 13.6. The Morgan fingerprint density at radius 3 is 2.24 bits per heavy atom. The van der Waals surface area contributed by atoms with Crippen molar-refractivity contribution in [1.82, 2.24) is 19.4 Å². The molecule has 1 amide bonds. The van der Waals surface area contributed by atoms with Gasteiger partial charge in [0.2, 0.25) is 15.9 Å². The molecule has 0 aliphatic carbocycles. The van der Waals surface area contributed by atoms with Crippen LogP contribution in [0.1, 0.15) is 43.8 Å². The number of nitrogens with zero attached hydrogens (tertiary/aromatic N) is 3. The molecule has 0 saturated carbocycles. The third-order valence-electron chi connectivity index (χ3n) is 5.07. The third-order valence-corrected chi connectivity index (χ3v) is 7.13. The second kappa shape index (κ2) is 9.51. The maximum Gasteiger partial charge on any atom is 0.243 e. The highest BCUT2D eigenvalue weighted by atomic mass is 32.2. The Hall–Kier alpha value is -2.23. The van der Waals surface area contributed by atoms with Crippen LogP contribution >= 0.6 is 0 Å². The summed E-state index contributed by atoms with van der Waals surface area (Å²) in [5.74, 6) is -0.156. The highest BCUT2D eigenvalue weighted by Gasteiger charge is 2.21. The van der Waals surface area contributed by atoms with Gasteiger partial charge in [-0.2, -0.15) is 9.40 Å². The molecule has 0 spiro atoms. The van der Waals surface area contributed by atoms with E-state index in [1.807, 2.05) is 41.7 Å². The Morgan fingerprint density at radius 1 is 1.17 bits per heavy atom. The highest BCUT2D eigenvalue weighted by molar-refractivity contribution is 7.89. The Morgan fingerprint density at radius 2 is 1.76 bits per heavy atom. The number of hydrogen-bond donors (Lipinski definition) is 2. The second-order valence-electron chi connectivity index (χ2n) is 6.98. The number of hydrogen-bond acceptors (Lipinski definition) is 5. The lowest BCUT2D eigenvalue weighted by molar-refractivity contribution is -0.115. The van der Waals surface area contributed by atoms with Gasteiger partial charge in [0.25, 0.3) is 0 Å². The predicted octanol–water partition coefficient (Wildman–Crippen LogP) is 2.36. The van der Waals surface area contributed by atoms with Crippen LogP contribution in [0, 0.1) is 13.8 Å². The molecule has 0 unspecified atom stereocenters. The first-order valence-electron chi connectivity index (χ1n) is 9.75. The zero-order valence-corrected chi connectivity index (χ0v) is 18.8. The number of nitrogens with one attached hydrogen (secondary N) is 2. The smallest absolute Gasteiger partial charge is 0.243 e. The van der Waals surface area contributed by atoms with Crippen LogP contribution in [-0.4, -0.2) is 48.0 Å². The molecule has 1 heterocycles. The van der Waals surface area contributed by atoms with E-state index in [1.165, 1.54) is 4.31 Å². The maximum absolute atomic E-state index is 12.6. The minimum Gasteiger partial charge on any atom is -0.322 e. The number of carbonyl (C=O) groups excluding carboxylic acids is 1. The van der Waals surface area contributed by atoms with E-state index in [2.05, 4.69) is 15.7 Å². The van der Waals surface area contributed by atoms with E-state index < -0.39 is 10.0 Å². The second-order valence-corrected chi connectivity index (χ2v) is 8.92. The van der Waals surface area contributed by atoms with Crippen molar-refractivity contribution in [3.8, 4) is 0 Å². The molecule has 2 aromatic rings. The van der Waals surface area contributed by atoms with Crippen LogP contribution < -0.4 is 10.6 Å². The quantitative estimate of drug-likeness (QED) is 0.648. The fraction of sp³-hybridized carbons (Fsp3) is 0.500. The van der Waals surface area contributed by atoms with Crippen LogP contribution in [0.25, 0.3) is 0 Å². The van der Waals surface area contributed by atoms with Crippen LogP contribution in [0.4, 0.5) is 5.69 Å². The van der Waals surface area contributed by atoms with Crippen LogP contribution in [0.5, 0.6) is 0 Å². The molecule has 2 rings (SSSR count). The third kappa shape index (κ3) is 5.23. The number of carbonyl (C=O) groups is 1. The van der Waals surface area contributed by atoms with Gasteiger partial charge in [0.15, 0.2) is 0 Å². The van der Waals surface area contributed by atoms with E-state index in [9.17, 15) is 13.2 Å². The number of anilines is 1. The first kappa shape index (κ1) is 23.1. The number of aryl methyl sites for hydroxylation is 2. The molecule has 0 bridgehead atoms. The number of aromatic nitrogens is 2. The summed E-state index contributed by atoms with van der Waals surface area (Å²) in [6.45, 7) is 10.3. The maximum atomic E-state index is 12.6. The lowest BCUT2D eigenvalue weighted by atomic mass is 10.1. The molecule has 9 heteroatoms. The molecule has 2 N–H and O–H groups in total. The molecule has 1 atom stereocenters. The number of rotatable bonds is 9. The summed E-state index contributed by atoms with van der Waals surface area (Å²) < 4.78 is 28.3. The largest absolute Gasteiger partial charge is 0.322 e. The molecule has 160 valence electrons. The van der Waals surface area contributed by atoms with E-state index in [0.717, 1.165) is 22.6 Å². The van der Waals surface area contributed by atoms with Gasteiger partial charge in [0.1, 0.15) is 0 Å². The molecule has 1 aromatic heterocycles. The van der Waals surface area contributed by atoms with Crippen molar-refractivity contribution in [3.05, 3.63) is 41.2 Å². The van der Waals surface area contributed by atoms with Crippen molar-refractivity contribution in [3.63, 3.8) is 0 Å². The van der Waals surface area contributed by atoms with Crippen molar-refractivity contribution >= 4 is 21.6 Å². The van der Waals surface area contributed by atoms with Crippen LogP contribution in [0.15, 0.2) is 29.2 Å². The van der Waals surface area contributed by atoms with Crippen LogP contribution in [0.2, 0.25) is 0 Å². The first-order valence-corrected chi connectivity index (χ1v) is 11.2. The van der Waals surface area contributed by atoms with E-state index in [0.29, 0.717) is 13.1 Å². The van der Waals surface area contributed by atoms with Gasteiger partial charge in [0.05, 0.1) is 28.5 Å². The van der Waals surface area contributed by atoms with E-state index >= 15 is 0 Å². The van der Waals surface area contributed by atoms with Gasteiger partial charge >= 0.3 is 0 Å². The van der Waals surface area contributed by atoms with E-state index in [-0.39, 0.29) is 23.4 Å². The molecule has 1 aromatic carbocycles. The molecule has 0 aliphatic rings. The molecule has 0 fully saturated rings. The van der Waals surface area contributed by atoms with Gasteiger partial charge in [-0.3, -0.25) is 9.48 Å². The summed E-state index contributed by atoms with van der Waals surface area (Å²) in [6, 6.07) is 6.68. The SMILES string of the molecule is CCN(CC)S(=O)(=O)c1ccc([C@H](C)NCC(=O)Nc2c(C)nn(C)c2C)cc1. The van der Waals surface area contributed by atoms with Gasteiger partial charge in [0, 0.05) is 26.2 Å². The summed E-state index contributed by atoms with van der Waals surface area (Å²) in [7, 11) is -1.63. The van der Waals surface area contributed by atoms with Crippen molar-refractivity contribution in [2.45, 2.75) is 45.6 Å². The summed E-state index contributed by atoms with van der Waals surface area (Å²) in [5, 5.41) is 10.3. The van der Waals surface area contributed by atoms with Crippen molar-refractivity contribution < 1.29 is 13.2 Å². The van der Waals surface area contributed by atoms with Gasteiger partial charge in [-0.25, -0.2) is 8.42 Å².